The summed E-state index contributed by atoms with van der Waals surface area (Å²) >= 11 is 0. The topological polar surface area (TPSA) is 378 Å². The number of para-hydroxylation sites is 8. The van der Waals surface area contributed by atoms with Gasteiger partial charge in [-0.05, 0) is 70.8 Å². The molecule has 0 aliphatic heterocycles. The number of methoxy groups -OCH3 is 4. The Morgan fingerprint density at radius 2 is 0.435 bits per heavy atom. The van der Waals surface area contributed by atoms with Gasteiger partial charge in [-0.25, -0.2) is 0 Å². The minimum Gasteiger partial charge on any atom is -0.870 e. The first-order valence-electron chi connectivity index (χ1n) is 26.2. The molecule has 0 fully saturated rings. The van der Waals surface area contributed by atoms with Crippen molar-refractivity contribution in [3.8, 4) is 58.1 Å². The number of benzene rings is 6. The molecule has 0 aromatic heterocycles. The van der Waals surface area contributed by atoms with Crippen molar-refractivity contribution in [2.24, 2.45) is 20.0 Å². The van der Waals surface area contributed by atoms with Crippen molar-refractivity contribution < 1.29 is 309 Å². The van der Waals surface area contributed by atoms with Gasteiger partial charge in [-0.2, -0.15) is 116 Å². The van der Waals surface area contributed by atoms with E-state index in [9.17, 15) is 146 Å². The summed E-state index contributed by atoms with van der Waals surface area (Å²) in [6.45, 7) is 2.86. The summed E-state index contributed by atoms with van der Waals surface area (Å²) < 4.78 is 282. The fourth-order valence-electron chi connectivity index (χ4n) is 5.84. The average Bonchev–Trinajstić information content (AvgIpc) is 0.859. The molecule has 0 heterocycles. The van der Waals surface area contributed by atoms with Crippen molar-refractivity contribution in [2.75, 3.05) is 28.4 Å². The second-order valence-corrected chi connectivity index (χ2v) is 17.8. The number of alkyl halides is 24. The van der Waals surface area contributed by atoms with Crippen LogP contribution in [0.3, 0.4) is 0 Å². The zero-order chi connectivity index (χ0) is 79.6. The van der Waals surface area contributed by atoms with Crippen LogP contribution in [0.25, 0.3) is 0 Å². The predicted octanol–water partition coefficient (Wildman–Crippen LogP) is 10.8. The van der Waals surface area contributed by atoms with Crippen molar-refractivity contribution in [1.82, 2.24) is 0 Å². The van der Waals surface area contributed by atoms with Gasteiger partial charge in [0.05, 0.1) is 87.7 Å². The Morgan fingerprint density at radius 3 is 0.537 bits per heavy atom. The standard InChI is InChI=1S/2C22H20N2O4.4C3HF6O.2C2H3N.2H2O.2Yb.2Zn/c2*1-27-19-11-5-7-15(21(19)25)13-23-17-9-3-4-10-18(17)24-14-16-8-6-12-20(28-2)22(16)26;4*4-2(5,6)1(10)3(7,8)9;2*1-2-3;;;;;;/h2*3-14,25-26H,1-2H3;4*1H;2*1H3;2*1H2;;;;/q;;4*-1;;;;;2*+3;2*+2/p-6. The number of rotatable bonds is 12. The van der Waals surface area contributed by atoms with Crippen LogP contribution in [0.4, 0.5) is 128 Å². The summed E-state index contributed by atoms with van der Waals surface area (Å²) in [6.07, 6.45) is -57.9. The third kappa shape index (κ3) is 44.6. The van der Waals surface area contributed by atoms with Gasteiger partial charge < -0.3 is 70.8 Å². The monoisotopic (exact) mass is 2010 g/mol. The molecule has 6 aromatic carbocycles. The number of nitrogens with zero attached hydrogens (tertiary/aromatic N) is 6. The van der Waals surface area contributed by atoms with Crippen molar-refractivity contribution in [3.05, 3.63) is 144 Å². The molecular formula is C60H48F24N6O14Yb2Zn2. The Labute approximate surface area is 698 Å². The molecule has 0 saturated carbocycles. The van der Waals surface area contributed by atoms with Crippen LogP contribution in [0.2, 0.25) is 0 Å². The van der Waals surface area contributed by atoms with Gasteiger partial charge in [0.2, 0.25) is 0 Å². The second kappa shape index (κ2) is 54.4. The molecule has 0 unspecified atom stereocenters. The van der Waals surface area contributed by atoms with Crippen LogP contribution in [0, 0.1) is 117 Å². The molecule has 2 N–H and O–H groups in total. The van der Waals surface area contributed by atoms with Gasteiger partial charge >= 0.3 is 182 Å². The largest absolute Gasteiger partial charge is 3.00 e. The Balaban J connectivity index is -0.000000193. The summed E-state index contributed by atoms with van der Waals surface area (Å²) in [7, 11) is 5.80. The molecule has 0 atom stereocenters. The normalized spacial score (nSPS) is 11.3. The first kappa shape index (κ1) is 118. The SMILES string of the molecule is CC#N.CC#N.COc1cccc(C=Nc2ccccc2N=Cc2cccc(OC)c2[O-])c1[O-].COc1cccc(C=Nc2ccccc2N=Cc2cccc(OC)c2[O-])c1[O-].[O-]C(C(F)(F)F)C(F)(F)F.[O-]C(C(F)(F)F)C(F)(F)F.[O-]C(C(F)(F)F)C(F)(F)F.[O-]C(C(F)(F)F)C(F)(F)F.[OH-].[OH-].[Yb+3].[Yb+3].[Zn+2].[Zn+2]. The maximum atomic E-state index is 12.2. The quantitative estimate of drug-likeness (QED) is 0.0624. The van der Waals surface area contributed by atoms with Crippen LogP contribution < -0.4 is 59.8 Å². The van der Waals surface area contributed by atoms with Crippen molar-refractivity contribution in [3.63, 3.8) is 0 Å². The fourth-order valence-corrected chi connectivity index (χ4v) is 5.84. The van der Waals surface area contributed by atoms with E-state index in [0.717, 1.165) is 0 Å². The second-order valence-electron chi connectivity index (χ2n) is 17.8. The van der Waals surface area contributed by atoms with Gasteiger partial charge in [0.15, 0.2) is 0 Å². The fraction of sp³-hybridized carbons (Fsp3) is 0.300. The molecule has 20 nitrogen and oxygen atoms in total. The summed E-state index contributed by atoms with van der Waals surface area (Å²) in [5.74, 6) is 0.105. The van der Waals surface area contributed by atoms with Gasteiger partial charge in [-0.3, -0.25) is 20.0 Å². The molecule has 0 bridgehead atoms. The third-order valence-corrected chi connectivity index (χ3v) is 10.4. The molecule has 6 rings (SSSR count). The van der Waals surface area contributed by atoms with Gasteiger partial charge in [0.25, 0.3) is 0 Å². The number of nitriles is 2. The van der Waals surface area contributed by atoms with Crippen molar-refractivity contribution in [2.45, 2.75) is 87.7 Å². The molecule has 0 amide bonds. The predicted molar refractivity (Wildman–Crippen MR) is 302 cm³/mol. The molecule has 0 saturated heterocycles. The number of hydrogen-bond acceptors (Lipinski definition) is 20. The summed E-state index contributed by atoms with van der Waals surface area (Å²) in [4.78, 5) is 17.5. The van der Waals surface area contributed by atoms with Crippen molar-refractivity contribution >= 4 is 47.6 Å². The van der Waals surface area contributed by atoms with Crippen LogP contribution in [0.1, 0.15) is 36.1 Å². The van der Waals surface area contributed by atoms with E-state index >= 15 is 0 Å². The number of halogens is 24. The maximum absolute atomic E-state index is 12.2. The molecule has 602 valence electrons. The van der Waals surface area contributed by atoms with E-state index in [1.807, 2.05) is 24.3 Å². The van der Waals surface area contributed by atoms with Crippen LogP contribution in [0.5, 0.6) is 46.0 Å². The molecular weight excluding hydrogens is 1960 g/mol. The van der Waals surface area contributed by atoms with Gasteiger partial charge in [-0.1, -0.05) is 95.8 Å². The summed E-state index contributed by atoms with van der Waals surface area (Å²) in [6, 6.07) is 37.9. The number of aliphatic imine (C=N–C) groups is 4. The molecule has 6 aromatic rings. The van der Waals surface area contributed by atoms with Crippen LogP contribution >= 0.6 is 0 Å². The van der Waals surface area contributed by atoms with Gasteiger partial charge in [-0.15, -0.1) is 0 Å². The van der Waals surface area contributed by atoms with E-state index in [-0.39, 0.29) is 190 Å². The Morgan fingerprint density at radius 1 is 0.306 bits per heavy atom. The van der Waals surface area contributed by atoms with Crippen LogP contribution in [0.15, 0.2) is 141 Å². The van der Waals surface area contributed by atoms with E-state index in [4.69, 9.17) is 29.5 Å². The van der Waals surface area contributed by atoms with Crippen LogP contribution in [-0.2, 0) is 39.0 Å². The molecule has 0 aliphatic rings. The van der Waals surface area contributed by atoms with E-state index in [1.165, 1.54) is 67.1 Å². The maximum Gasteiger partial charge on any atom is 3.00 e. The van der Waals surface area contributed by atoms with Gasteiger partial charge in [0, 0.05) is 38.7 Å². The molecule has 108 heavy (non-hydrogen) atoms. The van der Waals surface area contributed by atoms with Gasteiger partial charge in [0.1, 0.15) is 23.0 Å². The first-order chi connectivity index (χ1) is 46.7. The zero-order valence-corrected chi connectivity index (χ0v) is 64.0. The minimum absolute atomic E-state index is 0. The first-order valence-corrected chi connectivity index (χ1v) is 26.2. The number of ether oxygens (including phenoxy) is 4. The average molecular weight is 2010 g/mol. The molecule has 0 aliphatic carbocycles. The Bertz CT molecular complexity index is 3230. The molecule has 2 radical (unpaired) electrons. The zero-order valence-electron chi connectivity index (χ0n) is 54.7. The minimum atomic E-state index is -5.74. The third-order valence-electron chi connectivity index (χ3n) is 10.4. The van der Waals surface area contributed by atoms with E-state index in [2.05, 4.69) is 20.0 Å². The van der Waals surface area contributed by atoms with Crippen LogP contribution in [-0.4, -0.2) is 138 Å². The molecule has 48 heteroatoms. The summed E-state index contributed by atoms with van der Waals surface area (Å²) in [5.41, 5.74) is 3.90. The summed E-state index contributed by atoms with van der Waals surface area (Å²) in [5, 5.41) is 101. The van der Waals surface area contributed by atoms with E-state index in [0.29, 0.717) is 45.0 Å². The number of hydrogen-bond donors (Lipinski definition) is 0. The van der Waals surface area contributed by atoms with E-state index < -0.39 is 73.8 Å². The Kier molecular flexibility index (Phi) is 59.2. The Hall–Kier alpha value is -6.25. The molecule has 0 spiro atoms. The van der Waals surface area contributed by atoms with Crippen molar-refractivity contribution in [1.29, 1.82) is 10.5 Å². The van der Waals surface area contributed by atoms with E-state index in [1.54, 1.807) is 109 Å². The smallest absolute Gasteiger partial charge is 0.870 e.